The summed E-state index contributed by atoms with van der Waals surface area (Å²) < 4.78 is 11.9. The number of thiophene rings is 1. The zero-order chi connectivity index (χ0) is 24.1. The van der Waals surface area contributed by atoms with Gasteiger partial charge in [0.2, 0.25) is 11.8 Å². The Morgan fingerprint density at radius 2 is 2.03 bits per heavy atom. The SMILES string of the molecule is Cc1ccc(OCC2c3ccsc3CCN2C(=O)CN(CC2CCCO2)C(=O)CC(C)C)cc1. The van der Waals surface area contributed by atoms with Crippen LogP contribution in [-0.2, 0) is 20.7 Å². The lowest BCUT2D eigenvalue weighted by Crippen LogP contribution is -2.49. The molecule has 2 unspecified atom stereocenters. The van der Waals surface area contributed by atoms with Gasteiger partial charge in [-0.2, -0.15) is 0 Å². The highest BCUT2D eigenvalue weighted by Gasteiger charge is 2.34. The Labute approximate surface area is 206 Å². The lowest BCUT2D eigenvalue weighted by atomic mass is 10.00. The van der Waals surface area contributed by atoms with E-state index < -0.39 is 0 Å². The quantitative estimate of drug-likeness (QED) is 0.521. The fourth-order valence-electron chi connectivity index (χ4n) is 4.71. The highest BCUT2D eigenvalue weighted by molar-refractivity contribution is 7.10. The summed E-state index contributed by atoms with van der Waals surface area (Å²) in [5.74, 6) is 1.05. The number of benzene rings is 1. The van der Waals surface area contributed by atoms with Crippen LogP contribution in [-0.4, -0.2) is 60.6 Å². The minimum atomic E-state index is -0.159. The van der Waals surface area contributed by atoms with Crippen LogP contribution in [0.25, 0.3) is 0 Å². The minimum absolute atomic E-state index is 0.0226. The minimum Gasteiger partial charge on any atom is -0.491 e. The molecule has 2 aromatic rings. The van der Waals surface area contributed by atoms with Crippen LogP contribution in [0.15, 0.2) is 35.7 Å². The molecule has 7 heteroatoms. The predicted molar refractivity (Wildman–Crippen MR) is 134 cm³/mol. The molecule has 1 aromatic heterocycles. The molecule has 1 saturated heterocycles. The first-order valence-electron chi connectivity index (χ1n) is 12.3. The van der Waals surface area contributed by atoms with Crippen molar-refractivity contribution in [2.75, 3.05) is 32.8 Å². The third-order valence-electron chi connectivity index (χ3n) is 6.55. The molecule has 4 rings (SSSR count). The van der Waals surface area contributed by atoms with Gasteiger partial charge in [0.05, 0.1) is 18.7 Å². The van der Waals surface area contributed by atoms with Gasteiger partial charge in [-0.05, 0) is 61.2 Å². The molecule has 2 aliphatic heterocycles. The molecule has 0 saturated carbocycles. The Balaban J connectivity index is 1.48. The second kappa shape index (κ2) is 11.4. The van der Waals surface area contributed by atoms with Crippen molar-refractivity contribution in [3.05, 3.63) is 51.7 Å². The Morgan fingerprint density at radius 3 is 2.74 bits per heavy atom. The molecule has 0 radical (unpaired) electrons. The average Bonchev–Trinajstić information content (AvgIpc) is 3.49. The smallest absolute Gasteiger partial charge is 0.242 e. The van der Waals surface area contributed by atoms with Gasteiger partial charge in [0.15, 0.2) is 0 Å². The molecular weight excluding hydrogens is 448 g/mol. The van der Waals surface area contributed by atoms with Crippen molar-refractivity contribution in [3.63, 3.8) is 0 Å². The number of rotatable bonds is 9. The topological polar surface area (TPSA) is 59.1 Å². The number of hydrogen-bond acceptors (Lipinski definition) is 5. The molecule has 34 heavy (non-hydrogen) atoms. The fraction of sp³-hybridized carbons (Fsp3) is 0.556. The van der Waals surface area contributed by atoms with E-state index in [9.17, 15) is 9.59 Å². The lowest BCUT2D eigenvalue weighted by molar-refractivity contribution is -0.144. The van der Waals surface area contributed by atoms with Gasteiger partial charge in [-0.1, -0.05) is 31.5 Å². The molecular formula is C27H36N2O4S. The van der Waals surface area contributed by atoms with E-state index in [2.05, 4.69) is 11.4 Å². The zero-order valence-electron chi connectivity index (χ0n) is 20.5. The van der Waals surface area contributed by atoms with E-state index in [-0.39, 0.29) is 36.4 Å². The molecule has 0 bridgehead atoms. The highest BCUT2D eigenvalue weighted by atomic mass is 32.1. The van der Waals surface area contributed by atoms with E-state index in [0.717, 1.165) is 37.2 Å². The second-order valence-electron chi connectivity index (χ2n) is 9.78. The van der Waals surface area contributed by atoms with Gasteiger partial charge in [-0.25, -0.2) is 0 Å². The molecule has 0 N–H and O–H groups in total. The molecule has 2 atom stereocenters. The lowest BCUT2D eigenvalue weighted by Gasteiger charge is -2.37. The summed E-state index contributed by atoms with van der Waals surface area (Å²) in [4.78, 5) is 31.6. The number of carbonyl (C=O) groups is 2. The Bertz CT molecular complexity index is 965. The van der Waals surface area contributed by atoms with Crippen LogP contribution in [0.4, 0.5) is 0 Å². The van der Waals surface area contributed by atoms with E-state index in [1.807, 2.05) is 49.9 Å². The first-order chi connectivity index (χ1) is 16.4. The zero-order valence-corrected chi connectivity index (χ0v) is 21.3. The molecule has 0 aliphatic carbocycles. The molecule has 3 heterocycles. The van der Waals surface area contributed by atoms with Gasteiger partial charge in [0.25, 0.3) is 0 Å². The predicted octanol–water partition coefficient (Wildman–Crippen LogP) is 4.62. The standard InChI is InChI=1S/C27H36N2O4S/c1-19(2)15-26(30)28(16-22-5-4-13-32-22)17-27(31)29-12-10-25-23(11-14-34-25)24(29)18-33-21-8-6-20(3)7-9-21/h6-9,11,14,19,22,24H,4-5,10,12-13,15-18H2,1-3H3. The third-order valence-corrected chi connectivity index (χ3v) is 7.55. The van der Waals surface area contributed by atoms with E-state index in [1.165, 1.54) is 10.4 Å². The van der Waals surface area contributed by atoms with Crippen LogP contribution in [0.1, 0.15) is 55.2 Å². The van der Waals surface area contributed by atoms with Crippen molar-refractivity contribution >= 4 is 23.2 Å². The summed E-state index contributed by atoms with van der Waals surface area (Å²) in [7, 11) is 0. The third kappa shape index (κ3) is 6.19. The van der Waals surface area contributed by atoms with E-state index in [4.69, 9.17) is 9.47 Å². The average molecular weight is 485 g/mol. The van der Waals surface area contributed by atoms with Crippen LogP contribution in [0.5, 0.6) is 5.75 Å². The van der Waals surface area contributed by atoms with Gasteiger partial charge >= 0.3 is 0 Å². The molecule has 2 aliphatic rings. The number of ether oxygens (including phenoxy) is 2. The van der Waals surface area contributed by atoms with Crippen LogP contribution >= 0.6 is 11.3 Å². The van der Waals surface area contributed by atoms with Crippen molar-refractivity contribution in [2.45, 2.75) is 58.6 Å². The molecule has 2 amide bonds. The fourth-order valence-corrected chi connectivity index (χ4v) is 5.63. The second-order valence-corrected chi connectivity index (χ2v) is 10.8. The summed E-state index contributed by atoms with van der Waals surface area (Å²) >= 11 is 1.74. The number of amides is 2. The molecule has 6 nitrogen and oxygen atoms in total. The van der Waals surface area contributed by atoms with Gasteiger partial charge in [0.1, 0.15) is 12.4 Å². The monoisotopic (exact) mass is 484 g/mol. The molecule has 1 aromatic carbocycles. The van der Waals surface area contributed by atoms with Crippen molar-refractivity contribution in [1.82, 2.24) is 9.80 Å². The summed E-state index contributed by atoms with van der Waals surface area (Å²) in [6, 6.07) is 9.93. The van der Waals surface area contributed by atoms with Gasteiger partial charge in [-0.3, -0.25) is 9.59 Å². The van der Waals surface area contributed by atoms with Crippen molar-refractivity contribution in [3.8, 4) is 5.75 Å². The van der Waals surface area contributed by atoms with Crippen LogP contribution in [0.3, 0.4) is 0 Å². The summed E-state index contributed by atoms with van der Waals surface area (Å²) in [5, 5.41) is 2.09. The van der Waals surface area contributed by atoms with Crippen LogP contribution in [0.2, 0.25) is 0 Å². The van der Waals surface area contributed by atoms with Gasteiger partial charge in [0, 0.05) is 31.0 Å². The van der Waals surface area contributed by atoms with E-state index >= 15 is 0 Å². The number of fused-ring (bicyclic) bond motifs is 1. The van der Waals surface area contributed by atoms with Crippen LogP contribution < -0.4 is 4.74 Å². The maximum absolute atomic E-state index is 13.6. The number of carbonyl (C=O) groups excluding carboxylic acids is 2. The maximum atomic E-state index is 13.6. The largest absolute Gasteiger partial charge is 0.491 e. The number of hydrogen-bond donors (Lipinski definition) is 0. The van der Waals surface area contributed by atoms with Crippen LogP contribution in [0, 0.1) is 12.8 Å². The summed E-state index contributed by atoms with van der Waals surface area (Å²) in [6.07, 6.45) is 3.25. The number of nitrogens with zero attached hydrogens (tertiary/aromatic N) is 2. The Kier molecular flexibility index (Phi) is 8.27. The van der Waals surface area contributed by atoms with Gasteiger partial charge < -0.3 is 19.3 Å². The maximum Gasteiger partial charge on any atom is 0.242 e. The van der Waals surface area contributed by atoms with Crippen molar-refractivity contribution in [1.29, 1.82) is 0 Å². The first-order valence-corrected chi connectivity index (χ1v) is 13.2. The summed E-state index contributed by atoms with van der Waals surface area (Å²) in [6.45, 7) is 8.45. The Morgan fingerprint density at radius 1 is 1.24 bits per heavy atom. The van der Waals surface area contributed by atoms with Crippen molar-refractivity contribution < 1.29 is 19.1 Å². The van der Waals surface area contributed by atoms with E-state index in [0.29, 0.717) is 26.1 Å². The molecule has 0 spiro atoms. The van der Waals surface area contributed by atoms with Gasteiger partial charge in [-0.15, -0.1) is 11.3 Å². The Hall–Kier alpha value is -2.38. The van der Waals surface area contributed by atoms with Crippen molar-refractivity contribution in [2.24, 2.45) is 5.92 Å². The van der Waals surface area contributed by atoms with E-state index in [1.54, 1.807) is 16.2 Å². The first kappa shape index (κ1) is 24.7. The molecule has 184 valence electrons. The normalized spacial score (nSPS) is 19.8. The number of aryl methyl sites for hydroxylation is 1. The summed E-state index contributed by atoms with van der Waals surface area (Å²) in [5.41, 5.74) is 2.34. The highest BCUT2D eigenvalue weighted by Crippen LogP contribution is 2.34. The molecule has 1 fully saturated rings.